The molecular weight excluding hydrogens is 418 g/mol. The maximum atomic E-state index is 12.7. The molecular formula is C24H33N7O2. The van der Waals surface area contributed by atoms with Crippen molar-refractivity contribution in [3.63, 3.8) is 0 Å². The summed E-state index contributed by atoms with van der Waals surface area (Å²) < 4.78 is 7.24. The molecule has 1 amide bonds. The summed E-state index contributed by atoms with van der Waals surface area (Å²) >= 11 is 0. The second-order valence-corrected chi connectivity index (χ2v) is 9.14. The van der Waals surface area contributed by atoms with Crippen LogP contribution in [-0.2, 0) is 6.54 Å². The number of rotatable bonds is 8. The van der Waals surface area contributed by atoms with E-state index in [1.807, 2.05) is 23.7 Å². The monoisotopic (exact) mass is 451 g/mol. The van der Waals surface area contributed by atoms with Crippen molar-refractivity contribution >= 4 is 11.6 Å². The fourth-order valence-corrected chi connectivity index (χ4v) is 4.16. The van der Waals surface area contributed by atoms with E-state index in [0.29, 0.717) is 24.8 Å². The van der Waals surface area contributed by atoms with Gasteiger partial charge >= 0.3 is 0 Å². The first kappa shape index (κ1) is 23.0. The summed E-state index contributed by atoms with van der Waals surface area (Å²) in [5.41, 5.74) is 2.29. The second kappa shape index (κ2) is 10.2. The molecule has 0 spiro atoms. The Kier molecular flexibility index (Phi) is 7.08. The van der Waals surface area contributed by atoms with E-state index in [9.17, 15) is 4.79 Å². The molecule has 1 aromatic carbocycles. The van der Waals surface area contributed by atoms with Gasteiger partial charge in [-0.1, -0.05) is 26.0 Å². The van der Waals surface area contributed by atoms with Crippen LogP contribution in [0.5, 0.6) is 0 Å². The van der Waals surface area contributed by atoms with Crippen LogP contribution in [-0.4, -0.2) is 76.2 Å². The van der Waals surface area contributed by atoms with Crippen molar-refractivity contribution in [3.8, 4) is 0 Å². The smallest absolute Gasteiger partial charge is 0.289 e. The molecule has 3 heterocycles. The molecule has 9 nitrogen and oxygen atoms in total. The number of anilines is 1. The standard InChI is InChI=1S/C24H33N7O2/c1-18(2)11-12-31-23(25-26-27-31)22(19-7-9-20(10-8-19)28(3)4)29-13-15-30(16-14-29)24(32)21-6-5-17-33-21/h5-10,17-18,22H,11-16H2,1-4H3/t22-/m0/s1. The number of hydrogen-bond acceptors (Lipinski definition) is 7. The van der Waals surface area contributed by atoms with E-state index in [1.165, 1.54) is 6.26 Å². The SMILES string of the molecule is CC(C)CCn1nnnc1[C@H](c1ccc(N(C)C)cc1)N1CCN(C(=O)c2ccco2)CC1. The van der Waals surface area contributed by atoms with Gasteiger partial charge in [-0.2, -0.15) is 0 Å². The van der Waals surface area contributed by atoms with Crippen LogP contribution >= 0.6 is 0 Å². The van der Waals surface area contributed by atoms with E-state index in [1.54, 1.807) is 12.1 Å². The number of nitrogens with zero attached hydrogens (tertiary/aromatic N) is 7. The maximum Gasteiger partial charge on any atom is 0.289 e. The predicted octanol–water partition coefficient (Wildman–Crippen LogP) is 2.93. The first-order valence-electron chi connectivity index (χ1n) is 11.5. The third kappa shape index (κ3) is 5.24. The van der Waals surface area contributed by atoms with E-state index in [2.05, 4.69) is 63.4 Å². The molecule has 0 unspecified atom stereocenters. The Labute approximate surface area is 195 Å². The number of carbonyl (C=O) groups excluding carboxylic acids is 1. The van der Waals surface area contributed by atoms with E-state index in [-0.39, 0.29) is 11.9 Å². The van der Waals surface area contributed by atoms with Gasteiger partial charge in [-0.25, -0.2) is 4.68 Å². The van der Waals surface area contributed by atoms with Gasteiger partial charge in [-0.05, 0) is 52.6 Å². The molecule has 1 saturated heterocycles. The number of aryl methyl sites for hydroxylation is 1. The highest BCUT2D eigenvalue weighted by atomic mass is 16.3. The molecule has 1 atom stereocenters. The molecule has 4 rings (SSSR count). The molecule has 33 heavy (non-hydrogen) atoms. The van der Waals surface area contributed by atoms with Crippen molar-refractivity contribution < 1.29 is 9.21 Å². The number of amides is 1. The number of carbonyl (C=O) groups is 1. The summed E-state index contributed by atoms with van der Waals surface area (Å²) in [5, 5.41) is 12.8. The Morgan fingerprint density at radius 3 is 2.42 bits per heavy atom. The topological polar surface area (TPSA) is 83.5 Å². The number of tetrazole rings is 1. The lowest BCUT2D eigenvalue weighted by molar-refractivity contribution is 0.0559. The molecule has 1 aliphatic heterocycles. The summed E-state index contributed by atoms with van der Waals surface area (Å²) in [6, 6.07) is 11.9. The summed E-state index contributed by atoms with van der Waals surface area (Å²) in [5.74, 6) is 1.74. The quantitative estimate of drug-likeness (QED) is 0.521. The number of benzene rings is 1. The lowest BCUT2D eigenvalue weighted by Gasteiger charge is -2.38. The second-order valence-electron chi connectivity index (χ2n) is 9.14. The van der Waals surface area contributed by atoms with Gasteiger partial charge in [0.2, 0.25) is 0 Å². The molecule has 0 bridgehead atoms. The van der Waals surface area contributed by atoms with E-state index in [4.69, 9.17) is 4.42 Å². The Morgan fingerprint density at radius 1 is 1.09 bits per heavy atom. The lowest BCUT2D eigenvalue weighted by Crippen LogP contribution is -2.50. The van der Waals surface area contributed by atoms with Crippen LogP contribution in [0.15, 0.2) is 47.1 Å². The van der Waals surface area contributed by atoms with Crippen LogP contribution in [0.2, 0.25) is 0 Å². The van der Waals surface area contributed by atoms with Crippen LogP contribution in [0.25, 0.3) is 0 Å². The van der Waals surface area contributed by atoms with Gasteiger partial charge in [-0.3, -0.25) is 9.69 Å². The van der Waals surface area contributed by atoms with Crippen LogP contribution in [0, 0.1) is 5.92 Å². The van der Waals surface area contributed by atoms with Crippen LogP contribution in [0.1, 0.15) is 48.3 Å². The third-order valence-electron chi connectivity index (χ3n) is 6.15. The average molecular weight is 452 g/mol. The van der Waals surface area contributed by atoms with Gasteiger partial charge in [0.25, 0.3) is 5.91 Å². The number of hydrogen-bond donors (Lipinski definition) is 0. The Hall–Kier alpha value is -3.20. The number of piperazine rings is 1. The summed E-state index contributed by atoms with van der Waals surface area (Å²) in [7, 11) is 4.07. The first-order chi connectivity index (χ1) is 15.9. The zero-order valence-electron chi connectivity index (χ0n) is 19.9. The van der Waals surface area contributed by atoms with Gasteiger partial charge in [0, 0.05) is 52.5 Å². The molecule has 9 heteroatoms. The molecule has 0 saturated carbocycles. The van der Waals surface area contributed by atoms with E-state index >= 15 is 0 Å². The Bertz CT molecular complexity index is 1020. The normalized spacial score (nSPS) is 15.7. The molecule has 2 aromatic heterocycles. The third-order valence-corrected chi connectivity index (χ3v) is 6.15. The summed E-state index contributed by atoms with van der Waals surface area (Å²) in [6.07, 6.45) is 2.55. The van der Waals surface area contributed by atoms with Crippen molar-refractivity contribution in [2.45, 2.75) is 32.9 Å². The minimum Gasteiger partial charge on any atom is -0.459 e. The van der Waals surface area contributed by atoms with Crippen LogP contribution < -0.4 is 4.90 Å². The van der Waals surface area contributed by atoms with E-state index < -0.39 is 0 Å². The minimum atomic E-state index is -0.0794. The van der Waals surface area contributed by atoms with Crippen molar-refractivity contribution in [3.05, 3.63) is 59.8 Å². The van der Waals surface area contributed by atoms with Crippen molar-refractivity contribution in [2.75, 3.05) is 45.2 Å². The zero-order valence-corrected chi connectivity index (χ0v) is 19.9. The first-order valence-corrected chi connectivity index (χ1v) is 11.5. The average Bonchev–Trinajstić information content (AvgIpc) is 3.51. The Morgan fingerprint density at radius 2 is 1.82 bits per heavy atom. The largest absolute Gasteiger partial charge is 0.459 e. The molecule has 0 aliphatic carbocycles. The van der Waals surface area contributed by atoms with Gasteiger partial charge in [0.15, 0.2) is 11.6 Å². The van der Waals surface area contributed by atoms with Gasteiger partial charge in [0.1, 0.15) is 0 Å². The fraction of sp³-hybridized carbons (Fsp3) is 0.500. The van der Waals surface area contributed by atoms with Gasteiger partial charge < -0.3 is 14.2 Å². The minimum absolute atomic E-state index is 0.0618. The predicted molar refractivity (Wildman–Crippen MR) is 126 cm³/mol. The van der Waals surface area contributed by atoms with Gasteiger partial charge in [-0.15, -0.1) is 5.10 Å². The summed E-state index contributed by atoms with van der Waals surface area (Å²) in [4.78, 5) is 19.0. The molecule has 1 fully saturated rings. The van der Waals surface area contributed by atoms with Crippen LogP contribution in [0.3, 0.4) is 0 Å². The molecule has 0 radical (unpaired) electrons. The van der Waals surface area contributed by atoms with Crippen molar-refractivity contribution in [1.82, 2.24) is 30.0 Å². The maximum absolute atomic E-state index is 12.7. The van der Waals surface area contributed by atoms with Crippen molar-refractivity contribution in [2.24, 2.45) is 5.92 Å². The number of furan rings is 1. The van der Waals surface area contributed by atoms with E-state index in [0.717, 1.165) is 43.1 Å². The molecule has 3 aromatic rings. The molecule has 176 valence electrons. The highest BCUT2D eigenvalue weighted by Crippen LogP contribution is 2.30. The lowest BCUT2D eigenvalue weighted by atomic mass is 10.0. The number of aromatic nitrogens is 4. The zero-order chi connectivity index (χ0) is 23.4. The summed E-state index contributed by atoms with van der Waals surface area (Å²) in [6.45, 7) is 7.89. The van der Waals surface area contributed by atoms with Crippen LogP contribution in [0.4, 0.5) is 5.69 Å². The highest BCUT2D eigenvalue weighted by Gasteiger charge is 2.32. The molecule has 0 N–H and O–H groups in total. The molecule has 1 aliphatic rings. The Balaban J connectivity index is 1.57. The fourth-order valence-electron chi connectivity index (χ4n) is 4.16. The van der Waals surface area contributed by atoms with Crippen molar-refractivity contribution in [1.29, 1.82) is 0 Å². The van der Waals surface area contributed by atoms with Gasteiger partial charge in [0.05, 0.1) is 12.3 Å². The highest BCUT2D eigenvalue weighted by molar-refractivity contribution is 5.91.